The van der Waals surface area contributed by atoms with E-state index in [1.807, 2.05) is 6.07 Å². The molecule has 126 valence electrons. The smallest absolute Gasteiger partial charge is 0.206 e. The molecule has 2 aliphatic rings. The SMILES string of the molecule is O=S(=O)(c1ccccc1)N(Br)C1C2CCC1Cc1ccccc1C2. The van der Waals surface area contributed by atoms with Crippen LogP contribution in [-0.4, -0.2) is 17.8 Å². The molecular weight excluding hydrogens is 386 g/mol. The third-order valence-electron chi connectivity index (χ3n) is 5.46. The highest BCUT2D eigenvalue weighted by Crippen LogP contribution is 2.45. The van der Waals surface area contributed by atoms with E-state index in [4.69, 9.17) is 0 Å². The molecule has 2 unspecified atom stereocenters. The van der Waals surface area contributed by atoms with Crippen LogP contribution in [0.2, 0.25) is 0 Å². The molecule has 2 bridgehead atoms. The Morgan fingerprint density at radius 3 is 1.88 bits per heavy atom. The van der Waals surface area contributed by atoms with Gasteiger partial charge in [0.05, 0.1) is 4.90 Å². The maximum Gasteiger partial charge on any atom is 0.252 e. The number of rotatable bonds is 3. The number of nitrogens with zero attached hydrogens (tertiary/aromatic N) is 1. The number of hydrogen-bond donors (Lipinski definition) is 0. The summed E-state index contributed by atoms with van der Waals surface area (Å²) in [6.07, 6.45) is 4.11. The molecule has 1 saturated carbocycles. The zero-order chi connectivity index (χ0) is 16.7. The highest BCUT2D eigenvalue weighted by Gasteiger charge is 2.45. The zero-order valence-corrected chi connectivity index (χ0v) is 15.7. The fourth-order valence-electron chi connectivity index (χ4n) is 4.31. The van der Waals surface area contributed by atoms with Gasteiger partial charge in [-0.05, 0) is 60.8 Å². The molecule has 0 spiro atoms. The van der Waals surface area contributed by atoms with Crippen LogP contribution >= 0.6 is 16.1 Å². The second kappa shape index (κ2) is 6.28. The standard InChI is InChI=1S/C19H20BrNO2S/c20-21(24(22,23)18-8-2-1-3-9-18)19-16-10-11-17(19)13-15-7-5-4-6-14(15)12-16/h1-9,16-17,19H,10-13H2. The van der Waals surface area contributed by atoms with Crippen LogP contribution in [0.15, 0.2) is 59.5 Å². The van der Waals surface area contributed by atoms with E-state index in [1.165, 1.54) is 14.5 Å². The summed E-state index contributed by atoms with van der Waals surface area (Å²) in [5.41, 5.74) is 2.76. The summed E-state index contributed by atoms with van der Waals surface area (Å²) >= 11 is 3.44. The molecule has 0 amide bonds. The van der Waals surface area contributed by atoms with Crippen molar-refractivity contribution in [3.8, 4) is 0 Å². The van der Waals surface area contributed by atoms with Crippen LogP contribution in [0.4, 0.5) is 0 Å². The molecule has 4 rings (SSSR count). The largest absolute Gasteiger partial charge is 0.252 e. The molecule has 3 nitrogen and oxygen atoms in total. The van der Waals surface area contributed by atoms with E-state index in [0.717, 1.165) is 25.7 Å². The first-order chi connectivity index (χ1) is 11.6. The first-order valence-corrected chi connectivity index (χ1v) is 10.5. The third kappa shape index (κ3) is 2.72. The number of benzene rings is 2. The minimum Gasteiger partial charge on any atom is -0.206 e. The van der Waals surface area contributed by atoms with Gasteiger partial charge < -0.3 is 0 Å². The summed E-state index contributed by atoms with van der Waals surface area (Å²) in [4.78, 5) is 0.350. The Hall–Kier alpha value is -1.17. The first kappa shape index (κ1) is 16.3. The van der Waals surface area contributed by atoms with Gasteiger partial charge in [-0.1, -0.05) is 42.5 Å². The van der Waals surface area contributed by atoms with Gasteiger partial charge in [-0.25, -0.2) is 8.42 Å². The Labute approximate surface area is 152 Å². The van der Waals surface area contributed by atoms with E-state index in [-0.39, 0.29) is 6.04 Å². The topological polar surface area (TPSA) is 37.4 Å². The van der Waals surface area contributed by atoms with Crippen molar-refractivity contribution in [2.24, 2.45) is 11.8 Å². The molecule has 24 heavy (non-hydrogen) atoms. The van der Waals surface area contributed by atoms with Crippen molar-refractivity contribution in [3.63, 3.8) is 0 Å². The van der Waals surface area contributed by atoms with Crippen molar-refractivity contribution < 1.29 is 8.42 Å². The second-order valence-corrected chi connectivity index (χ2v) is 9.87. The monoisotopic (exact) mass is 405 g/mol. The molecule has 1 fully saturated rings. The van der Waals surface area contributed by atoms with Crippen molar-refractivity contribution in [2.75, 3.05) is 0 Å². The van der Waals surface area contributed by atoms with Crippen LogP contribution in [0, 0.1) is 11.8 Å². The lowest BCUT2D eigenvalue weighted by Gasteiger charge is -2.29. The minimum absolute atomic E-state index is 0.0163. The predicted octanol–water partition coefficient (Wildman–Crippen LogP) is 4.18. The molecule has 2 aliphatic carbocycles. The molecule has 0 aromatic heterocycles. The van der Waals surface area contributed by atoms with Crippen LogP contribution in [0.5, 0.6) is 0 Å². The van der Waals surface area contributed by atoms with Crippen molar-refractivity contribution in [1.82, 2.24) is 3.33 Å². The normalized spacial score (nSPS) is 26.2. The number of sulfonamides is 1. The van der Waals surface area contributed by atoms with Crippen LogP contribution in [0.25, 0.3) is 0 Å². The molecule has 0 heterocycles. The maximum absolute atomic E-state index is 13.0. The Kier molecular flexibility index (Phi) is 4.27. The molecule has 5 heteroatoms. The maximum atomic E-state index is 13.0. The van der Waals surface area contributed by atoms with Gasteiger partial charge in [-0.15, -0.1) is 3.33 Å². The summed E-state index contributed by atoms with van der Waals surface area (Å²) < 4.78 is 27.5. The third-order valence-corrected chi connectivity index (χ3v) is 8.65. The van der Waals surface area contributed by atoms with Gasteiger partial charge in [-0.2, -0.15) is 0 Å². The van der Waals surface area contributed by atoms with E-state index in [2.05, 4.69) is 40.4 Å². The molecule has 0 saturated heterocycles. The Balaban J connectivity index is 1.68. The Morgan fingerprint density at radius 1 is 0.833 bits per heavy atom. The van der Waals surface area contributed by atoms with Crippen LogP contribution < -0.4 is 0 Å². The van der Waals surface area contributed by atoms with E-state index in [1.54, 1.807) is 24.3 Å². The lowest BCUT2D eigenvalue weighted by Crippen LogP contribution is -2.39. The molecule has 0 aliphatic heterocycles. The van der Waals surface area contributed by atoms with E-state index in [0.29, 0.717) is 16.7 Å². The molecular formula is C19H20BrNO2S. The lowest BCUT2D eigenvalue weighted by molar-refractivity contribution is 0.318. The number of fused-ring (bicyclic) bond motifs is 3. The second-order valence-electron chi connectivity index (χ2n) is 6.83. The molecule has 2 atom stereocenters. The predicted molar refractivity (Wildman–Crippen MR) is 98.2 cm³/mol. The van der Waals surface area contributed by atoms with E-state index >= 15 is 0 Å². The van der Waals surface area contributed by atoms with E-state index in [9.17, 15) is 8.42 Å². The van der Waals surface area contributed by atoms with Gasteiger partial charge in [0, 0.05) is 22.2 Å². The highest BCUT2D eigenvalue weighted by molar-refractivity contribution is 9.08. The average Bonchev–Trinajstić information content (AvgIpc) is 2.89. The minimum atomic E-state index is -3.52. The first-order valence-electron chi connectivity index (χ1n) is 8.39. The highest BCUT2D eigenvalue weighted by atomic mass is 79.9. The van der Waals surface area contributed by atoms with Gasteiger partial charge in [0.25, 0.3) is 10.0 Å². The number of halogens is 1. The van der Waals surface area contributed by atoms with Gasteiger partial charge in [-0.3, -0.25) is 0 Å². The molecule has 2 aromatic carbocycles. The summed E-state index contributed by atoms with van der Waals surface area (Å²) in [5, 5.41) is 0. The van der Waals surface area contributed by atoms with Crippen LogP contribution in [0.1, 0.15) is 24.0 Å². The number of hydrogen-bond acceptors (Lipinski definition) is 2. The van der Waals surface area contributed by atoms with Crippen LogP contribution in [-0.2, 0) is 22.9 Å². The quantitative estimate of drug-likeness (QED) is 0.718. The fraction of sp³-hybridized carbons (Fsp3) is 0.368. The van der Waals surface area contributed by atoms with Gasteiger partial charge in [0.15, 0.2) is 0 Å². The molecule has 0 radical (unpaired) electrons. The van der Waals surface area contributed by atoms with Crippen molar-refractivity contribution in [3.05, 3.63) is 65.7 Å². The summed E-state index contributed by atoms with van der Waals surface area (Å²) in [5.74, 6) is 0.744. The zero-order valence-electron chi connectivity index (χ0n) is 13.3. The van der Waals surface area contributed by atoms with Crippen molar-refractivity contribution in [1.29, 1.82) is 0 Å². The molecule has 0 N–H and O–H groups in total. The molecule has 2 aromatic rings. The summed E-state index contributed by atoms with van der Waals surface area (Å²) in [6, 6.07) is 17.3. The van der Waals surface area contributed by atoms with Gasteiger partial charge in [0.1, 0.15) is 0 Å². The van der Waals surface area contributed by atoms with Crippen molar-refractivity contribution in [2.45, 2.75) is 36.6 Å². The summed E-state index contributed by atoms with van der Waals surface area (Å²) in [7, 11) is -3.52. The summed E-state index contributed by atoms with van der Waals surface area (Å²) in [6.45, 7) is 0. The Morgan fingerprint density at radius 2 is 1.33 bits per heavy atom. The lowest BCUT2D eigenvalue weighted by atomic mass is 9.94. The van der Waals surface area contributed by atoms with Crippen molar-refractivity contribution >= 4 is 26.2 Å². The van der Waals surface area contributed by atoms with Gasteiger partial charge in [0.2, 0.25) is 0 Å². The van der Waals surface area contributed by atoms with Gasteiger partial charge >= 0.3 is 0 Å². The Bertz CT molecular complexity index is 804. The van der Waals surface area contributed by atoms with Crippen LogP contribution in [0.3, 0.4) is 0 Å². The van der Waals surface area contributed by atoms with E-state index < -0.39 is 10.0 Å². The average molecular weight is 406 g/mol. The fourth-order valence-corrected chi connectivity index (χ4v) is 6.84.